The Morgan fingerprint density at radius 3 is 2.88 bits per heavy atom. The summed E-state index contributed by atoms with van der Waals surface area (Å²) in [6.45, 7) is 3.31. The summed E-state index contributed by atoms with van der Waals surface area (Å²) >= 11 is 0. The highest BCUT2D eigenvalue weighted by Gasteiger charge is 2.04. The van der Waals surface area contributed by atoms with Crippen LogP contribution < -0.4 is 5.32 Å². The first-order chi connectivity index (χ1) is 7.85. The lowest BCUT2D eigenvalue weighted by Gasteiger charge is -2.09. The summed E-state index contributed by atoms with van der Waals surface area (Å²) in [4.78, 5) is 4.56. The number of benzene rings is 1. The molecule has 1 heterocycles. The van der Waals surface area contributed by atoms with Crippen molar-refractivity contribution in [2.45, 2.75) is 13.5 Å². The van der Waals surface area contributed by atoms with Crippen molar-refractivity contribution in [1.82, 2.24) is 4.98 Å². The van der Waals surface area contributed by atoms with Gasteiger partial charge in [0, 0.05) is 24.6 Å². The van der Waals surface area contributed by atoms with E-state index in [0.717, 1.165) is 28.9 Å². The topological polar surface area (TPSA) is 34.1 Å². The average Bonchev–Trinajstić information content (AvgIpc) is 2.35. The van der Waals surface area contributed by atoms with Gasteiger partial charge in [0.15, 0.2) is 0 Å². The smallest absolute Gasteiger partial charge is 0.131 e. The third-order valence-electron chi connectivity index (χ3n) is 2.50. The molecule has 3 nitrogen and oxygen atoms in total. The highest BCUT2D eigenvalue weighted by molar-refractivity contribution is 5.81. The number of nitrogens with one attached hydrogen (secondary N) is 1. The molecule has 1 aromatic heterocycles. The molecule has 0 atom stereocenters. The monoisotopic (exact) mass is 216 g/mol. The number of hydrogen-bond acceptors (Lipinski definition) is 3. The molecular weight excluding hydrogens is 200 g/mol. The summed E-state index contributed by atoms with van der Waals surface area (Å²) in [5.74, 6) is 0.896. The van der Waals surface area contributed by atoms with Crippen LogP contribution in [0, 0.1) is 0 Å². The van der Waals surface area contributed by atoms with Crippen LogP contribution in [0.15, 0.2) is 30.3 Å². The predicted octanol–water partition coefficient (Wildman–Crippen LogP) is 2.81. The van der Waals surface area contributed by atoms with Crippen molar-refractivity contribution in [3.05, 3.63) is 35.9 Å². The molecule has 0 aliphatic rings. The first kappa shape index (κ1) is 10.9. The van der Waals surface area contributed by atoms with Crippen LogP contribution in [-0.2, 0) is 11.3 Å². The van der Waals surface area contributed by atoms with Gasteiger partial charge in [-0.2, -0.15) is 0 Å². The number of anilines is 1. The zero-order valence-corrected chi connectivity index (χ0v) is 9.66. The standard InChI is InChI=1S/C13H16N2O/c1-3-16-9-11-8-10-6-4-5-7-12(10)15-13(11)14-2/h4-8H,3,9H2,1-2H3,(H,14,15). The molecule has 0 bridgehead atoms. The molecule has 1 aromatic carbocycles. The van der Waals surface area contributed by atoms with Gasteiger partial charge in [-0.3, -0.25) is 0 Å². The highest BCUT2D eigenvalue weighted by Crippen LogP contribution is 2.20. The summed E-state index contributed by atoms with van der Waals surface area (Å²) in [6.07, 6.45) is 0. The summed E-state index contributed by atoms with van der Waals surface area (Å²) in [7, 11) is 1.88. The van der Waals surface area contributed by atoms with Crippen molar-refractivity contribution in [3.63, 3.8) is 0 Å². The van der Waals surface area contributed by atoms with Gasteiger partial charge in [0.25, 0.3) is 0 Å². The normalized spacial score (nSPS) is 10.6. The molecule has 0 radical (unpaired) electrons. The summed E-state index contributed by atoms with van der Waals surface area (Å²) < 4.78 is 5.43. The number of aromatic nitrogens is 1. The lowest BCUT2D eigenvalue weighted by Crippen LogP contribution is -2.01. The number of fused-ring (bicyclic) bond motifs is 1. The van der Waals surface area contributed by atoms with Crippen molar-refractivity contribution < 1.29 is 4.74 Å². The minimum Gasteiger partial charge on any atom is -0.377 e. The van der Waals surface area contributed by atoms with Gasteiger partial charge in [0.2, 0.25) is 0 Å². The molecule has 3 heteroatoms. The van der Waals surface area contributed by atoms with Gasteiger partial charge in [-0.25, -0.2) is 4.98 Å². The van der Waals surface area contributed by atoms with Gasteiger partial charge in [-0.05, 0) is 19.1 Å². The van der Waals surface area contributed by atoms with Crippen LogP contribution in [0.4, 0.5) is 5.82 Å². The van der Waals surface area contributed by atoms with Crippen molar-refractivity contribution in [2.75, 3.05) is 19.0 Å². The van der Waals surface area contributed by atoms with Crippen LogP contribution in [0.5, 0.6) is 0 Å². The van der Waals surface area contributed by atoms with E-state index in [0.29, 0.717) is 6.61 Å². The molecule has 0 spiro atoms. The van der Waals surface area contributed by atoms with Gasteiger partial charge in [0.1, 0.15) is 5.82 Å². The maximum absolute atomic E-state index is 5.43. The second-order valence-electron chi connectivity index (χ2n) is 3.58. The van der Waals surface area contributed by atoms with E-state index < -0.39 is 0 Å². The Morgan fingerprint density at radius 2 is 2.12 bits per heavy atom. The lowest BCUT2D eigenvalue weighted by atomic mass is 10.1. The number of hydrogen-bond donors (Lipinski definition) is 1. The molecule has 2 aromatic rings. The fraction of sp³-hybridized carbons (Fsp3) is 0.308. The fourth-order valence-electron chi connectivity index (χ4n) is 1.70. The summed E-state index contributed by atoms with van der Waals surface area (Å²) in [5, 5.41) is 4.25. The van der Waals surface area contributed by atoms with Crippen molar-refractivity contribution in [3.8, 4) is 0 Å². The first-order valence-electron chi connectivity index (χ1n) is 5.49. The SMILES string of the molecule is CCOCc1cc2ccccc2nc1NC. The van der Waals surface area contributed by atoms with Crippen molar-refractivity contribution in [1.29, 1.82) is 0 Å². The van der Waals surface area contributed by atoms with E-state index >= 15 is 0 Å². The fourth-order valence-corrected chi connectivity index (χ4v) is 1.70. The molecule has 0 aliphatic heterocycles. The lowest BCUT2D eigenvalue weighted by molar-refractivity contribution is 0.134. The van der Waals surface area contributed by atoms with Crippen LogP contribution in [-0.4, -0.2) is 18.6 Å². The van der Waals surface area contributed by atoms with E-state index in [1.165, 1.54) is 0 Å². The number of nitrogens with zero attached hydrogens (tertiary/aromatic N) is 1. The number of para-hydroxylation sites is 1. The number of ether oxygens (including phenoxy) is 1. The third-order valence-corrected chi connectivity index (χ3v) is 2.50. The van der Waals surface area contributed by atoms with E-state index in [9.17, 15) is 0 Å². The van der Waals surface area contributed by atoms with E-state index in [4.69, 9.17) is 4.74 Å². The molecule has 0 amide bonds. The first-order valence-corrected chi connectivity index (χ1v) is 5.49. The van der Waals surface area contributed by atoms with Crippen LogP contribution in [0.2, 0.25) is 0 Å². The number of pyridine rings is 1. The molecule has 0 aliphatic carbocycles. The van der Waals surface area contributed by atoms with Crippen molar-refractivity contribution in [2.24, 2.45) is 0 Å². The summed E-state index contributed by atoms with van der Waals surface area (Å²) in [6, 6.07) is 10.2. The molecule has 0 saturated heterocycles. The molecule has 0 unspecified atom stereocenters. The Balaban J connectivity index is 2.45. The Hall–Kier alpha value is -1.61. The quantitative estimate of drug-likeness (QED) is 0.853. The Morgan fingerprint density at radius 1 is 1.31 bits per heavy atom. The third kappa shape index (κ3) is 2.14. The Kier molecular flexibility index (Phi) is 3.37. The van der Waals surface area contributed by atoms with E-state index in [2.05, 4.69) is 22.4 Å². The van der Waals surface area contributed by atoms with Gasteiger partial charge >= 0.3 is 0 Å². The maximum atomic E-state index is 5.43. The molecule has 0 saturated carbocycles. The maximum Gasteiger partial charge on any atom is 0.131 e. The predicted molar refractivity (Wildman–Crippen MR) is 66.6 cm³/mol. The van der Waals surface area contributed by atoms with Gasteiger partial charge in [0.05, 0.1) is 12.1 Å². The molecule has 16 heavy (non-hydrogen) atoms. The van der Waals surface area contributed by atoms with Crippen LogP contribution in [0.3, 0.4) is 0 Å². The van der Waals surface area contributed by atoms with E-state index in [-0.39, 0.29) is 0 Å². The Labute approximate surface area is 95.5 Å². The van der Waals surface area contributed by atoms with Gasteiger partial charge < -0.3 is 10.1 Å². The van der Waals surface area contributed by atoms with Gasteiger partial charge in [-0.15, -0.1) is 0 Å². The van der Waals surface area contributed by atoms with E-state index in [1.54, 1.807) is 0 Å². The highest BCUT2D eigenvalue weighted by atomic mass is 16.5. The second-order valence-corrected chi connectivity index (χ2v) is 3.58. The molecule has 2 rings (SSSR count). The van der Waals surface area contributed by atoms with Gasteiger partial charge in [-0.1, -0.05) is 18.2 Å². The van der Waals surface area contributed by atoms with E-state index in [1.807, 2.05) is 32.2 Å². The van der Waals surface area contributed by atoms with Crippen molar-refractivity contribution >= 4 is 16.7 Å². The Bertz CT molecular complexity index is 482. The van der Waals surface area contributed by atoms with Crippen LogP contribution >= 0.6 is 0 Å². The molecule has 84 valence electrons. The second kappa shape index (κ2) is 4.94. The minimum atomic E-state index is 0.602. The summed E-state index contributed by atoms with van der Waals surface area (Å²) in [5.41, 5.74) is 2.11. The minimum absolute atomic E-state index is 0.602. The zero-order chi connectivity index (χ0) is 11.4. The molecule has 1 N–H and O–H groups in total. The molecular formula is C13H16N2O. The molecule has 0 fully saturated rings. The average molecular weight is 216 g/mol. The number of rotatable bonds is 4. The van der Waals surface area contributed by atoms with Crippen LogP contribution in [0.1, 0.15) is 12.5 Å². The van der Waals surface area contributed by atoms with Crippen LogP contribution in [0.25, 0.3) is 10.9 Å². The largest absolute Gasteiger partial charge is 0.377 e. The zero-order valence-electron chi connectivity index (χ0n) is 9.66.